The van der Waals surface area contributed by atoms with Crippen molar-refractivity contribution in [2.75, 3.05) is 0 Å². The minimum atomic E-state index is 0.331. The normalized spacial score (nSPS) is 12.6. The number of nitrogens with zero attached hydrogens (tertiary/aromatic N) is 2. The molecule has 2 aromatic heterocycles. The van der Waals surface area contributed by atoms with Crippen LogP contribution in [0.1, 0.15) is 58.3 Å². The van der Waals surface area contributed by atoms with Gasteiger partial charge in [0.05, 0.1) is 17.5 Å². The van der Waals surface area contributed by atoms with Crippen LogP contribution in [0.5, 0.6) is 0 Å². The van der Waals surface area contributed by atoms with Gasteiger partial charge in [0.2, 0.25) is 0 Å². The Morgan fingerprint density at radius 3 is 2.61 bits per heavy atom. The summed E-state index contributed by atoms with van der Waals surface area (Å²) in [6.07, 6.45) is 3.88. The molecular weight excluding hydrogens is 222 g/mol. The molecule has 0 aliphatic heterocycles. The van der Waals surface area contributed by atoms with E-state index >= 15 is 0 Å². The highest BCUT2D eigenvalue weighted by atomic mass is 14.9. The highest BCUT2D eigenvalue weighted by molar-refractivity contribution is 5.77. The zero-order valence-electron chi connectivity index (χ0n) is 12.0. The minimum absolute atomic E-state index is 0.331. The molecule has 0 spiro atoms. The molecule has 2 aromatic rings. The summed E-state index contributed by atoms with van der Waals surface area (Å²) in [5, 5.41) is 0. The Balaban J connectivity index is 2.37. The topological polar surface area (TPSA) is 41.6 Å². The highest BCUT2D eigenvalue weighted by Gasteiger charge is 2.15. The molecule has 0 saturated heterocycles. The van der Waals surface area contributed by atoms with Crippen LogP contribution in [-0.4, -0.2) is 15.0 Å². The Morgan fingerprint density at radius 1 is 1.28 bits per heavy atom. The van der Waals surface area contributed by atoms with Crippen LogP contribution in [0.25, 0.3) is 11.0 Å². The SMILES string of the molecule is CC(C)c1cc2[nH]cnc2c(CCC(C)(C)C)n1. The number of hydrogen-bond donors (Lipinski definition) is 1. The van der Waals surface area contributed by atoms with Crippen LogP contribution < -0.4 is 0 Å². The Bertz CT molecular complexity index is 532. The molecule has 98 valence electrons. The largest absolute Gasteiger partial charge is 0.344 e. The standard InChI is InChI=1S/C15H23N3/c1-10(2)12-8-13-14(17-9-16-13)11(18-12)6-7-15(3,4)5/h8-10H,6-7H2,1-5H3,(H,16,17). The number of aryl methyl sites for hydroxylation is 1. The molecule has 0 fully saturated rings. The van der Waals surface area contributed by atoms with Gasteiger partial charge in [-0.1, -0.05) is 34.6 Å². The summed E-state index contributed by atoms with van der Waals surface area (Å²) >= 11 is 0. The second-order valence-corrected chi connectivity index (χ2v) is 6.51. The van der Waals surface area contributed by atoms with Crippen molar-refractivity contribution in [1.29, 1.82) is 0 Å². The van der Waals surface area contributed by atoms with Crippen LogP contribution in [-0.2, 0) is 6.42 Å². The van der Waals surface area contributed by atoms with Crippen LogP contribution in [0.3, 0.4) is 0 Å². The average Bonchev–Trinajstić information content (AvgIpc) is 2.72. The first kappa shape index (κ1) is 13.1. The second kappa shape index (κ2) is 4.71. The molecule has 3 heteroatoms. The van der Waals surface area contributed by atoms with E-state index in [2.05, 4.69) is 50.7 Å². The predicted octanol–water partition coefficient (Wildman–Crippen LogP) is 4.06. The van der Waals surface area contributed by atoms with E-state index in [1.807, 2.05) is 0 Å². The monoisotopic (exact) mass is 245 g/mol. The number of aromatic amines is 1. The van der Waals surface area contributed by atoms with Crippen molar-refractivity contribution in [3.63, 3.8) is 0 Å². The molecule has 0 atom stereocenters. The summed E-state index contributed by atoms with van der Waals surface area (Å²) in [5.74, 6) is 0.450. The number of hydrogen-bond acceptors (Lipinski definition) is 2. The van der Waals surface area contributed by atoms with Crippen LogP contribution >= 0.6 is 0 Å². The van der Waals surface area contributed by atoms with E-state index in [1.54, 1.807) is 6.33 Å². The van der Waals surface area contributed by atoms with Crippen molar-refractivity contribution in [3.05, 3.63) is 23.8 Å². The van der Waals surface area contributed by atoms with Crippen molar-refractivity contribution in [3.8, 4) is 0 Å². The fourth-order valence-corrected chi connectivity index (χ4v) is 2.00. The summed E-state index contributed by atoms with van der Waals surface area (Å²) in [4.78, 5) is 12.4. The molecule has 3 nitrogen and oxygen atoms in total. The van der Waals surface area contributed by atoms with Crippen molar-refractivity contribution >= 4 is 11.0 Å². The summed E-state index contributed by atoms with van der Waals surface area (Å²) in [6.45, 7) is 11.2. The van der Waals surface area contributed by atoms with Gasteiger partial charge in [-0.2, -0.15) is 0 Å². The van der Waals surface area contributed by atoms with Crippen molar-refractivity contribution < 1.29 is 0 Å². The van der Waals surface area contributed by atoms with Gasteiger partial charge in [-0.05, 0) is 30.2 Å². The molecule has 0 bridgehead atoms. The minimum Gasteiger partial charge on any atom is -0.344 e. The molecule has 0 amide bonds. The van der Waals surface area contributed by atoms with Crippen LogP contribution in [0.2, 0.25) is 0 Å². The van der Waals surface area contributed by atoms with Gasteiger partial charge in [0, 0.05) is 5.69 Å². The van der Waals surface area contributed by atoms with E-state index in [-0.39, 0.29) is 0 Å². The molecule has 1 N–H and O–H groups in total. The van der Waals surface area contributed by atoms with Gasteiger partial charge in [0.1, 0.15) is 5.52 Å². The number of imidazole rings is 1. The maximum atomic E-state index is 4.79. The predicted molar refractivity (Wildman–Crippen MR) is 75.8 cm³/mol. The number of aromatic nitrogens is 3. The molecule has 0 saturated carbocycles. The molecule has 0 radical (unpaired) electrons. The third-order valence-electron chi connectivity index (χ3n) is 3.20. The van der Waals surface area contributed by atoms with Crippen LogP contribution in [0.15, 0.2) is 12.4 Å². The van der Waals surface area contributed by atoms with Gasteiger partial charge in [-0.15, -0.1) is 0 Å². The number of pyridine rings is 1. The number of nitrogens with one attached hydrogen (secondary N) is 1. The number of H-pyrrole nitrogens is 1. The fraction of sp³-hybridized carbons (Fsp3) is 0.600. The molecule has 18 heavy (non-hydrogen) atoms. The Morgan fingerprint density at radius 2 is 2.00 bits per heavy atom. The third-order valence-corrected chi connectivity index (χ3v) is 3.20. The summed E-state index contributed by atoms with van der Waals surface area (Å²) in [6, 6.07) is 2.12. The van der Waals surface area contributed by atoms with Gasteiger partial charge in [0.25, 0.3) is 0 Å². The Kier molecular flexibility index (Phi) is 3.42. The van der Waals surface area contributed by atoms with Gasteiger partial charge < -0.3 is 4.98 Å². The molecule has 0 unspecified atom stereocenters. The summed E-state index contributed by atoms with van der Waals surface area (Å²) in [5.41, 5.74) is 4.75. The summed E-state index contributed by atoms with van der Waals surface area (Å²) in [7, 11) is 0. The maximum absolute atomic E-state index is 4.79. The molecule has 2 rings (SSSR count). The first-order chi connectivity index (χ1) is 8.37. The van der Waals surface area contributed by atoms with Crippen molar-refractivity contribution in [2.24, 2.45) is 5.41 Å². The lowest BCUT2D eigenvalue weighted by Gasteiger charge is -2.18. The van der Waals surface area contributed by atoms with E-state index in [9.17, 15) is 0 Å². The zero-order chi connectivity index (χ0) is 13.3. The smallest absolute Gasteiger partial charge is 0.110 e. The first-order valence-electron chi connectivity index (χ1n) is 6.70. The lowest BCUT2D eigenvalue weighted by molar-refractivity contribution is 0.377. The van der Waals surface area contributed by atoms with E-state index in [0.717, 1.165) is 35.3 Å². The Hall–Kier alpha value is -1.38. The average molecular weight is 245 g/mol. The summed E-state index contributed by atoms with van der Waals surface area (Å²) < 4.78 is 0. The fourth-order valence-electron chi connectivity index (χ4n) is 2.00. The maximum Gasteiger partial charge on any atom is 0.110 e. The molecule has 0 aliphatic rings. The van der Waals surface area contributed by atoms with E-state index < -0.39 is 0 Å². The lowest BCUT2D eigenvalue weighted by Crippen LogP contribution is -2.08. The number of fused-ring (bicyclic) bond motifs is 1. The van der Waals surface area contributed by atoms with E-state index in [4.69, 9.17) is 4.98 Å². The molecular formula is C15H23N3. The van der Waals surface area contributed by atoms with Crippen molar-refractivity contribution in [2.45, 2.75) is 53.4 Å². The first-order valence-corrected chi connectivity index (χ1v) is 6.70. The third kappa shape index (κ3) is 2.89. The number of rotatable bonds is 3. The van der Waals surface area contributed by atoms with E-state index in [0.29, 0.717) is 11.3 Å². The highest BCUT2D eigenvalue weighted by Crippen LogP contribution is 2.25. The quantitative estimate of drug-likeness (QED) is 0.886. The second-order valence-electron chi connectivity index (χ2n) is 6.51. The van der Waals surface area contributed by atoms with Crippen LogP contribution in [0, 0.1) is 5.41 Å². The molecule has 2 heterocycles. The van der Waals surface area contributed by atoms with Gasteiger partial charge in [-0.25, -0.2) is 4.98 Å². The van der Waals surface area contributed by atoms with Gasteiger partial charge >= 0.3 is 0 Å². The van der Waals surface area contributed by atoms with Crippen molar-refractivity contribution in [1.82, 2.24) is 15.0 Å². The molecule has 0 aromatic carbocycles. The van der Waals surface area contributed by atoms with E-state index in [1.165, 1.54) is 0 Å². The lowest BCUT2D eigenvalue weighted by atomic mass is 9.89. The van der Waals surface area contributed by atoms with Gasteiger partial charge in [0.15, 0.2) is 0 Å². The van der Waals surface area contributed by atoms with Crippen LogP contribution in [0.4, 0.5) is 0 Å². The molecule has 0 aliphatic carbocycles. The van der Waals surface area contributed by atoms with Gasteiger partial charge in [-0.3, -0.25) is 4.98 Å². The zero-order valence-corrected chi connectivity index (χ0v) is 12.0. The Labute approximate surface area is 109 Å².